The van der Waals surface area contributed by atoms with Crippen molar-refractivity contribution in [3.63, 3.8) is 0 Å². The number of nitrogens with zero attached hydrogens (tertiary/aromatic N) is 2. The molecule has 76 valence electrons. The van der Waals surface area contributed by atoms with Crippen LogP contribution in [0.4, 0.5) is 0 Å². The van der Waals surface area contributed by atoms with Crippen LogP contribution in [0.25, 0.3) is 0 Å². The lowest BCUT2D eigenvalue weighted by molar-refractivity contribution is 0.265. The number of rotatable bonds is 4. The van der Waals surface area contributed by atoms with Crippen molar-refractivity contribution in [2.24, 2.45) is 0 Å². The fourth-order valence-corrected chi connectivity index (χ4v) is 2.89. The maximum absolute atomic E-state index is 9.12. The second-order valence-corrected chi connectivity index (χ2v) is 5.39. The summed E-state index contributed by atoms with van der Waals surface area (Å²) in [6.07, 6.45) is 0. The molecule has 0 bridgehead atoms. The lowest BCUT2D eigenvalue weighted by atomic mass is 10.2. The molecule has 14 heavy (non-hydrogen) atoms. The number of halogens is 1. The molecule has 1 atom stereocenters. The zero-order valence-electron chi connectivity index (χ0n) is 8.33. The quantitative estimate of drug-likeness (QED) is 0.840. The molecule has 0 N–H and O–H groups in total. The van der Waals surface area contributed by atoms with Crippen molar-refractivity contribution in [3.05, 3.63) is 20.8 Å². The number of hydrogen-bond acceptors (Lipinski definition) is 3. The van der Waals surface area contributed by atoms with E-state index in [9.17, 15) is 0 Å². The van der Waals surface area contributed by atoms with Crippen LogP contribution < -0.4 is 0 Å². The van der Waals surface area contributed by atoms with E-state index in [2.05, 4.69) is 40.7 Å². The van der Waals surface area contributed by atoms with Crippen molar-refractivity contribution in [3.8, 4) is 6.07 Å². The minimum atomic E-state index is -0.0960. The maximum Gasteiger partial charge on any atom is 0.133 e. The van der Waals surface area contributed by atoms with Gasteiger partial charge in [0.15, 0.2) is 0 Å². The molecule has 0 aliphatic carbocycles. The molecule has 4 heteroatoms. The van der Waals surface area contributed by atoms with E-state index in [0.717, 1.165) is 21.8 Å². The van der Waals surface area contributed by atoms with E-state index < -0.39 is 0 Å². The second kappa shape index (κ2) is 5.50. The summed E-state index contributed by atoms with van der Waals surface area (Å²) in [7, 11) is 0. The number of hydrogen-bond donors (Lipinski definition) is 0. The van der Waals surface area contributed by atoms with Crippen LogP contribution in [0.1, 0.15) is 24.8 Å². The predicted octanol–water partition coefficient (Wildman–Crippen LogP) is 3.42. The van der Waals surface area contributed by atoms with Gasteiger partial charge in [0.2, 0.25) is 0 Å². The van der Waals surface area contributed by atoms with Crippen molar-refractivity contribution in [1.29, 1.82) is 5.26 Å². The molecule has 1 heterocycles. The first-order valence-corrected chi connectivity index (χ1v) is 6.22. The van der Waals surface area contributed by atoms with Crippen LogP contribution in [0.15, 0.2) is 15.9 Å². The minimum Gasteiger partial charge on any atom is -0.284 e. The standard InChI is InChI=1S/C10H13BrN2S/c1-3-13(4-2)8(7-12)9-5-6-10(11)14-9/h5-6,8H,3-4H2,1-2H3. The van der Waals surface area contributed by atoms with Gasteiger partial charge in [0, 0.05) is 4.88 Å². The summed E-state index contributed by atoms with van der Waals surface area (Å²) in [5, 5.41) is 9.12. The predicted molar refractivity (Wildman–Crippen MR) is 63.3 cm³/mol. The molecule has 1 aromatic heterocycles. The molecule has 1 rings (SSSR count). The van der Waals surface area contributed by atoms with Gasteiger partial charge in [-0.2, -0.15) is 5.26 Å². The normalized spacial score (nSPS) is 12.8. The molecule has 0 saturated heterocycles. The fraction of sp³-hybridized carbons (Fsp3) is 0.500. The first-order valence-electron chi connectivity index (χ1n) is 4.61. The van der Waals surface area contributed by atoms with Gasteiger partial charge in [-0.05, 0) is 41.2 Å². The summed E-state index contributed by atoms with van der Waals surface area (Å²) >= 11 is 5.05. The van der Waals surface area contributed by atoms with Gasteiger partial charge in [-0.25, -0.2) is 0 Å². The number of nitriles is 1. The van der Waals surface area contributed by atoms with Crippen LogP contribution in [0.2, 0.25) is 0 Å². The Kier molecular flexibility index (Phi) is 4.59. The van der Waals surface area contributed by atoms with E-state index in [-0.39, 0.29) is 6.04 Å². The Hall–Kier alpha value is -0.370. The fourth-order valence-electron chi connectivity index (χ4n) is 1.39. The van der Waals surface area contributed by atoms with Gasteiger partial charge in [-0.3, -0.25) is 4.90 Å². The molecule has 0 spiro atoms. The molecular formula is C10H13BrN2S. The Balaban J connectivity index is 2.87. The Morgan fingerprint density at radius 2 is 2.14 bits per heavy atom. The van der Waals surface area contributed by atoms with Crippen molar-refractivity contribution < 1.29 is 0 Å². The van der Waals surface area contributed by atoms with E-state index in [1.165, 1.54) is 0 Å². The third-order valence-corrected chi connectivity index (χ3v) is 3.84. The van der Waals surface area contributed by atoms with Crippen LogP contribution in [-0.4, -0.2) is 18.0 Å². The summed E-state index contributed by atoms with van der Waals surface area (Å²) in [5.74, 6) is 0. The van der Waals surface area contributed by atoms with E-state index in [1.807, 2.05) is 12.1 Å². The highest BCUT2D eigenvalue weighted by Gasteiger charge is 2.18. The Labute approximate surface area is 97.3 Å². The van der Waals surface area contributed by atoms with Gasteiger partial charge >= 0.3 is 0 Å². The maximum atomic E-state index is 9.12. The highest BCUT2D eigenvalue weighted by atomic mass is 79.9. The van der Waals surface area contributed by atoms with Crippen molar-refractivity contribution in [2.45, 2.75) is 19.9 Å². The van der Waals surface area contributed by atoms with Crippen LogP contribution >= 0.6 is 27.3 Å². The molecule has 0 aliphatic rings. The topological polar surface area (TPSA) is 27.0 Å². The lowest BCUT2D eigenvalue weighted by Gasteiger charge is -2.22. The van der Waals surface area contributed by atoms with E-state index >= 15 is 0 Å². The van der Waals surface area contributed by atoms with E-state index in [4.69, 9.17) is 5.26 Å². The summed E-state index contributed by atoms with van der Waals surface area (Å²) in [6.45, 7) is 5.97. The average molecular weight is 273 g/mol. The van der Waals surface area contributed by atoms with Gasteiger partial charge in [-0.15, -0.1) is 11.3 Å². The molecule has 1 aromatic rings. The zero-order valence-corrected chi connectivity index (χ0v) is 10.7. The van der Waals surface area contributed by atoms with Crippen molar-refractivity contribution in [1.82, 2.24) is 4.90 Å². The molecule has 0 aliphatic heterocycles. The van der Waals surface area contributed by atoms with Crippen molar-refractivity contribution >= 4 is 27.3 Å². The Morgan fingerprint density at radius 3 is 2.50 bits per heavy atom. The number of thiophene rings is 1. The van der Waals surface area contributed by atoms with E-state index in [0.29, 0.717) is 0 Å². The summed E-state index contributed by atoms with van der Waals surface area (Å²) < 4.78 is 1.08. The summed E-state index contributed by atoms with van der Waals surface area (Å²) in [4.78, 5) is 3.27. The molecule has 0 aromatic carbocycles. The SMILES string of the molecule is CCN(CC)C(C#N)c1ccc(Br)s1. The van der Waals surface area contributed by atoms with Gasteiger partial charge in [0.1, 0.15) is 6.04 Å². The molecule has 0 saturated carbocycles. The zero-order chi connectivity index (χ0) is 10.6. The van der Waals surface area contributed by atoms with Crippen LogP contribution in [-0.2, 0) is 0 Å². The molecule has 0 fully saturated rings. The highest BCUT2D eigenvalue weighted by molar-refractivity contribution is 9.11. The lowest BCUT2D eigenvalue weighted by Crippen LogP contribution is -2.26. The Morgan fingerprint density at radius 1 is 1.50 bits per heavy atom. The monoisotopic (exact) mass is 272 g/mol. The van der Waals surface area contributed by atoms with Crippen LogP contribution in [0.3, 0.4) is 0 Å². The summed E-state index contributed by atoms with van der Waals surface area (Å²) in [6, 6.07) is 6.26. The van der Waals surface area contributed by atoms with Gasteiger partial charge in [0.25, 0.3) is 0 Å². The average Bonchev–Trinajstić information content (AvgIpc) is 2.60. The molecular weight excluding hydrogens is 260 g/mol. The second-order valence-electron chi connectivity index (χ2n) is 2.89. The molecule has 2 nitrogen and oxygen atoms in total. The summed E-state index contributed by atoms with van der Waals surface area (Å²) in [5.41, 5.74) is 0. The highest BCUT2D eigenvalue weighted by Crippen LogP contribution is 2.30. The smallest absolute Gasteiger partial charge is 0.133 e. The van der Waals surface area contributed by atoms with Crippen LogP contribution in [0.5, 0.6) is 0 Å². The molecule has 0 radical (unpaired) electrons. The molecule has 1 unspecified atom stereocenters. The first-order chi connectivity index (χ1) is 6.72. The van der Waals surface area contributed by atoms with Gasteiger partial charge in [-0.1, -0.05) is 13.8 Å². The Bertz CT molecular complexity index is 325. The minimum absolute atomic E-state index is 0.0960. The van der Waals surface area contributed by atoms with Crippen molar-refractivity contribution in [2.75, 3.05) is 13.1 Å². The third-order valence-electron chi connectivity index (χ3n) is 2.16. The van der Waals surface area contributed by atoms with Crippen LogP contribution in [0, 0.1) is 11.3 Å². The largest absolute Gasteiger partial charge is 0.284 e. The van der Waals surface area contributed by atoms with Gasteiger partial charge in [0.05, 0.1) is 9.86 Å². The molecule has 0 amide bonds. The third kappa shape index (κ3) is 2.57. The first kappa shape index (κ1) is 11.7. The van der Waals surface area contributed by atoms with E-state index in [1.54, 1.807) is 11.3 Å². The van der Waals surface area contributed by atoms with Gasteiger partial charge < -0.3 is 0 Å².